The first-order chi connectivity index (χ1) is 16.5. The molecule has 0 atom stereocenters. The largest absolute Gasteiger partial charge is 0.480 e. The quantitative estimate of drug-likeness (QED) is 0.567. The fraction of sp³-hybridized carbons (Fsp3) is 0.481. The van der Waals surface area contributed by atoms with Crippen molar-refractivity contribution in [2.75, 3.05) is 11.9 Å². The average molecular weight is 458 g/mol. The molecule has 7 heteroatoms. The Morgan fingerprint density at radius 3 is 2.68 bits per heavy atom. The SMILES string of the molecule is Cc1ccc2nccc(CCC34CCC(NCc5ccc6c(n5)NC(=O)CO6)(CC3)CC4)c2n1. The Kier molecular flexibility index (Phi) is 5.25. The van der Waals surface area contributed by atoms with Crippen molar-refractivity contribution in [3.63, 3.8) is 0 Å². The fourth-order valence-corrected chi connectivity index (χ4v) is 6.06. The van der Waals surface area contributed by atoms with Crippen LogP contribution in [0.4, 0.5) is 5.82 Å². The third kappa shape index (κ3) is 4.02. The molecule has 3 saturated carbocycles. The van der Waals surface area contributed by atoms with Crippen molar-refractivity contribution in [2.24, 2.45) is 5.41 Å². The zero-order chi connectivity index (χ0) is 23.2. The van der Waals surface area contributed by atoms with Crippen molar-refractivity contribution >= 4 is 22.8 Å². The topological polar surface area (TPSA) is 89.0 Å². The molecule has 34 heavy (non-hydrogen) atoms. The van der Waals surface area contributed by atoms with Gasteiger partial charge in [0, 0.05) is 24.0 Å². The van der Waals surface area contributed by atoms with Gasteiger partial charge in [-0.25, -0.2) is 4.98 Å². The lowest BCUT2D eigenvalue weighted by atomic mass is 9.55. The number of hydrogen-bond donors (Lipinski definition) is 2. The third-order valence-corrected chi connectivity index (χ3v) is 8.31. The normalized spacial score (nSPS) is 25.6. The predicted octanol–water partition coefficient (Wildman–Crippen LogP) is 4.48. The smallest absolute Gasteiger partial charge is 0.263 e. The predicted molar refractivity (Wildman–Crippen MR) is 131 cm³/mol. The number of aromatic nitrogens is 3. The number of nitrogens with zero attached hydrogens (tertiary/aromatic N) is 3. The highest BCUT2D eigenvalue weighted by Crippen LogP contribution is 2.54. The van der Waals surface area contributed by atoms with Gasteiger partial charge in [-0.05, 0) is 99.6 Å². The molecular formula is C27H31N5O2. The van der Waals surface area contributed by atoms with E-state index in [9.17, 15) is 4.79 Å². The summed E-state index contributed by atoms with van der Waals surface area (Å²) < 4.78 is 5.43. The highest BCUT2D eigenvalue weighted by atomic mass is 16.5. The van der Waals surface area contributed by atoms with Gasteiger partial charge >= 0.3 is 0 Å². The fourth-order valence-electron chi connectivity index (χ4n) is 6.06. The Hall–Kier alpha value is -3.06. The summed E-state index contributed by atoms with van der Waals surface area (Å²) in [4.78, 5) is 25.5. The second-order valence-electron chi connectivity index (χ2n) is 10.4. The van der Waals surface area contributed by atoms with Crippen LogP contribution in [0.15, 0.2) is 36.5 Å². The molecule has 2 bridgehead atoms. The molecule has 3 aliphatic carbocycles. The maximum Gasteiger partial charge on any atom is 0.263 e. The summed E-state index contributed by atoms with van der Waals surface area (Å²) in [7, 11) is 0. The summed E-state index contributed by atoms with van der Waals surface area (Å²) in [6.45, 7) is 2.82. The lowest BCUT2D eigenvalue weighted by Crippen LogP contribution is -2.54. The molecule has 2 N–H and O–H groups in total. The summed E-state index contributed by atoms with van der Waals surface area (Å²) in [5.41, 5.74) is 6.05. The lowest BCUT2D eigenvalue weighted by molar-refractivity contribution is -0.118. The van der Waals surface area contributed by atoms with Gasteiger partial charge in [0.15, 0.2) is 18.2 Å². The van der Waals surface area contributed by atoms with Gasteiger partial charge in [-0.15, -0.1) is 0 Å². The van der Waals surface area contributed by atoms with Crippen molar-refractivity contribution in [3.8, 4) is 5.75 Å². The van der Waals surface area contributed by atoms with E-state index in [-0.39, 0.29) is 18.1 Å². The molecule has 0 unspecified atom stereocenters. The molecule has 4 heterocycles. The summed E-state index contributed by atoms with van der Waals surface area (Å²) in [5, 5.41) is 6.65. The third-order valence-electron chi connectivity index (χ3n) is 8.31. The maximum absolute atomic E-state index is 11.6. The summed E-state index contributed by atoms with van der Waals surface area (Å²) >= 11 is 0. The standard InChI is InChI=1S/C27H31N5O2/c1-18-2-4-21-24(30-18)19(7-15-28-21)6-8-26-9-12-27(13-10-26,14-11-26)29-16-20-3-5-22-25(31-20)32-23(33)17-34-22/h2-5,7,15,29H,6,8-14,16-17H2,1H3,(H,31,32,33). The molecule has 0 radical (unpaired) electrons. The highest BCUT2D eigenvalue weighted by Gasteiger charge is 2.47. The Labute approximate surface area is 199 Å². The van der Waals surface area contributed by atoms with Gasteiger partial charge in [0.1, 0.15) is 0 Å². The van der Waals surface area contributed by atoms with Gasteiger partial charge < -0.3 is 15.4 Å². The van der Waals surface area contributed by atoms with Crippen molar-refractivity contribution < 1.29 is 9.53 Å². The van der Waals surface area contributed by atoms with Crippen LogP contribution in [0.1, 0.15) is 61.9 Å². The van der Waals surface area contributed by atoms with Crippen molar-refractivity contribution in [1.82, 2.24) is 20.3 Å². The number of aryl methyl sites for hydroxylation is 2. The molecule has 3 fully saturated rings. The molecule has 0 spiro atoms. The molecule has 176 valence electrons. The number of pyridine rings is 3. The minimum Gasteiger partial charge on any atom is -0.480 e. The minimum atomic E-state index is -0.148. The summed E-state index contributed by atoms with van der Waals surface area (Å²) in [6.07, 6.45) is 11.7. The number of hydrogen-bond acceptors (Lipinski definition) is 6. The van der Waals surface area contributed by atoms with Gasteiger partial charge in [-0.2, -0.15) is 0 Å². The van der Waals surface area contributed by atoms with E-state index >= 15 is 0 Å². The molecular weight excluding hydrogens is 426 g/mol. The average Bonchev–Trinajstić information content (AvgIpc) is 2.87. The first kappa shape index (κ1) is 21.5. The summed E-state index contributed by atoms with van der Waals surface area (Å²) in [5.74, 6) is 1.03. The Balaban J connectivity index is 1.08. The lowest BCUT2D eigenvalue weighted by Gasteiger charge is -2.54. The van der Waals surface area contributed by atoms with Crippen molar-refractivity contribution in [1.29, 1.82) is 0 Å². The summed E-state index contributed by atoms with van der Waals surface area (Å²) in [6, 6.07) is 10.2. The van der Waals surface area contributed by atoms with E-state index in [4.69, 9.17) is 9.72 Å². The number of fused-ring (bicyclic) bond motifs is 5. The number of amides is 1. The Morgan fingerprint density at radius 1 is 1.03 bits per heavy atom. The van der Waals surface area contributed by atoms with Gasteiger partial charge in [0.05, 0.1) is 16.7 Å². The first-order valence-corrected chi connectivity index (χ1v) is 12.4. The van der Waals surface area contributed by atoms with Crippen molar-refractivity contribution in [3.05, 3.63) is 53.5 Å². The number of carbonyl (C=O) groups excluding carboxylic acids is 1. The Morgan fingerprint density at radius 2 is 1.85 bits per heavy atom. The Bertz CT molecular complexity index is 1230. The molecule has 4 aliphatic rings. The van der Waals surface area contributed by atoms with Crippen LogP contribution in [0, 0.1) is 12.3 Å². The monoisotopic (exact) mass is 457 g/mol. The van der Waals surface area contributed by atoms with Gasteiger partial charge in [0.2, 0.25) is 0 Å². The van der Waals surface area contributed by atoms with Crippen LogP contribution >= 0.6 is 0 Å². The first-order valence-electron chi connectivity index (χ1n) is 12.4. The molecule has 3 aromatic rings. The maximum atomic E-state index is 11.6. The van der Waals surface area contributed by atoms with E-state index in [0.29, 0.717) is 23.5 Å². The number of anilines is 1. The van der Waals surface area contributed by atoms with Crippen LogP contribution in [0.25, 0.3) is 11.0 Å². The van der Waals surface area contributed by atoms with Gasteiger partial charge in [-0.3, -0.25) is 14.8 Å². The minimum absolute atomic E-state index is 0.0602. The number of carbonyl (C=O) groups is 1. The van der Waals surface area contributed by atoms with Crippen LogP contribution in [-0.4, -0.2) is 33.0 Å². The van der Waals surface area contributed by atoms with Gasteiger partial charge in [-0.1, -0.05) is 0 Å². The molecule has 3 aromatic heterocycles. The van der Waals surface area contributed by atoms with E-state index in [1.165, 1.54) is 50.5 Å². The van der Waals surface area contributed by atoms with Crippen LogP contribution in [0.5, 0.6) is 5.75 Å². The van der Waals surface area contributed by atoms with Crippen LogP contribution in [0.3, 0.4) is 0 Å². The molecule has 1 aliphatic heterocycles. The van der Waals surface area contributed by atoms with Gasteiger partial charge in [0.25, 0.3) is 5.91 Å². The van der Waals surface area contributed by atoms with E-state index < -0.39 is 0 Å². The van der Waals surface area contributed by atoms with Crippen LogP contribution in [-0.2, 0) is 17.8 Å². The molecule has 7 rings (SSSR count). The second-order valence-corrected chi connectivity index (χ2v) is 10.4. The zero-order valence-electron chi connectivity index (χ0n) is 19.7. The van der Waals surface area contributed by atoms with Crippen LogP contribution in [0.2, 0.25) is 0 Å². The highest BCUT2D eigenvalue weighted by molar-refractivity contribution is 5.94. The van der Waals surface area contributed by atoms with E-state index in [1.807, 2.05) is 31.3 Å². The van der Waals surface area contributed by atoms with Crippen molar-refractivity contribution in [2.45, 2.75) is 70.4 Å². The zero-order valence-corrected chi connectivity index (χ0v) is 19.7. The van der Waals surface area contributed by atoms with Crippen LogP contribution < -0.4 is 15.4 Å². The molecule has 0 saturated heterocycles. The number of nitrogens with one attached hydrogen (secondary N) is 2. The van der Waals surface area contributed by atoms with E-state index in [2.05, 4.69) is 32.7 Å². The van der Waals surface area contributed by atoms with E-state index in [0.717, 1.165) is 28.8 Å². The van der Waals surface area contributed by atoms with E-state index in [1.54, 1.807) is 0 Å². The number of rotatable bonds is 6. The second kappa shape index (κ2) is 8.31. The molecule has 1 amide bonds. The number of ether oxygens (including phenoxy) is 1. The molecule has 0 aromatic carbocycles. The molecule has 7 nitrogen and oxygen atoms in total.